The van der Waals surface area contributed by atoms with Crippen molar-refractivity contribution in [3.8, 4) is 0 Å². The highest BCUT2D eigenvalue weighted by molar-refractivity contribution is 5.86. The Bertz CT molecular complexity index is 614. The lowest BCUT2D eigenvalue weighted by Gasteiger charge is -2.31. The molecule has 0 radical (unpaired) electrons. The third-order valence-electron chi connectivity index (χ3n) is 3.66. The van der Waals surface area contributed by atoms with Gasteiger partial charge in [0.05, 0.1) is 0 Å². The first-order valence-corrected chi connectivity index (χ1v) is 6.48. The molecule has 0 amide bonds. The van der Waals surface area contributed by atoms with E-state index >= 15 is 0 Å². The van der Waals surface area contributed by atoms with Crippen LogP contribution in [0.25, 0.3) is 5.65 Å². The maximum atomic E-state index is 11.0. The number of carboxylic acids is 1. The predicted octanol–water partition coefficient (Wildman–Crippen LogP) is 1.66. The van der Waals surface area contributed by atoms with E-state index in [-0.39, 0.29) is 5.69 Å². The van der Waals surface area contributed by atoms with Crippen molar-refractivity contribution in [3.63, 3.8) is 0 Å². The fourth-order valence-corrected chi connectivity index (χ4v) is 2.46. The molecular weight excluding hydrogens is 244 g/mol. The highest BCUT2D eigenvalue weighted by Gasteiger charge is 2.19. The molecule has 1 saturated heterocycles. The Morgan fingerprint density at radius 1 is 1.42 bits per heavy atom. The Hall–Kier alpha value is -2.11. The first kappa shape index (κ1) is 12.0. The SMILES string of the molecule is CC1CCN(c2ccnc3cc(C(=O)O)nn23)CC1. The zero-order valence-corrected chi connectivity index (χ0v) is 10.8. The third kappa shape index (κ3) is 2.14. The normalized spacial score (nSPS) is 17.0. The van der Waals surface area contributed by atoms with Crippen molar-refractivity contribution >= 4 is 17.4 Å². The van der Waals surface area contributed by atoms with Crippen molar-refractivity contribution in [2.45, 2.75) is 19.8 Å². The molecule has 2 aromatic rings. The minimum atomic E-state index is -1.02. The summed E-state index contributed by atoms with van der Waals surface area (Å²) in [5, 5.41) is 13.1. The van der Waals surface area contributed by atoms with Gasteiger partial charge in [0.2, 0.25) is 0 Å². The third-order valence-corrected chi connectivity index (χ3v) is 3.66. The largest absolute Gasteiger partial charge is 0.476 e. The lowest BCUT2D eigenvalue weighted by Crippen LogP contribution is -2.34. The molecule has 1 N–H and O–H groups in total. The van der Waals surface area contributed by atoms with Crippen LogP contribution in [-0.4, -0.2) is 38.8 Å². The van der Waals surface area contributed by atoms with Gasteiger partial charge in [0.1, 0.15) is 5.82 Å². The van der Waals surface area contributed by atoms with Crippen molar-refractivity contribution in [1.29, 1.82) is 0 Å². The van der Waals surface area contributed by atoms with Gasteiger partial charge in [-0.3, -0.25) is 0 Å². The summed E-state index contributed by atoms with van der Waals surface area (Å²) >= 11 is 0. The molecule has 3 rings (SSSR count). The van der Waals surface area contributed by atoms with Crippen LogP contribution in [0.4, 0.5) is 5.82 Å². The van der Waals surface area contributed by atoms with Gasteiger partial charge in [-0.1, -0.05) is 6.92 Å². The van der Waals surface area contributed by atoms with Gasteiger partial charge in [0, 0.05) is 25.4 Å². The van der Waals surface area contributed by atoms with E-state index in [0.717, 1.165) is 37.7 Å². The standard InChI is InChI=1S/C13H16N4O2/c1-9-3-6-16(7-4-9)12-2-5-14-11-8-10(13(18)19)15-17(11)12/h2,5,8-9H,3-4,6-7H2,1H3,(H,18,19). The summed E-state index contributed by atoms with van der Waals surface area (Å²) in [5.41, 5.74) is 0.610. The number of carbonyl (C=O) groups is 1. The van der Waals surface area contributed by atoms with E-state index in [1.807, 2.05) is 6.07 Å². The van der Waals surface area contributed by atoms with E-state index in [4.69, 9.17) is 5.11 Å². The smallest absolute Gasteiger partial charge is 0.356 e. The number of piperidine rings is 1. The zero-order chi connectivity index (χ0) is 13.4. The average molecular weight is 260 g/mol. The van der Waals surface area contributed by atoms with Gasteiger partial charge in [-0.2, -0.15) is 9.61 Å². The molecule has 3 heterocycles. The Balaban J connectivity index is 2.01. The van der Waals surface area contributed by atoms with Crippen LogP contribution in [-0.2, 0) is 0 Å². The van der Waals surface area contributed by atoms with E-state index < -0.39 is 5.97 Å². The Labute approximate surface area is 110 Å². The summed E-state index contributed by atoms with van der Waals surface area (Å²) in [6.07, 6.45) is 4.00. The fourth-order valence-electron chi connectivity index (χ4n) is 2.46. The average Bonchev–Trinajstić information content (AvgIpc) is 2.83. The van der Waals surface area contributed by atoms with Crippen LogP contribution in [0, 0.1) is 5.92 Å². The summed E-state index contributed by atoms with van der Waals surface area (Å²) in [4.78, 5) is 17.4. The molecule has 0 bridgehead atoms. The summed E-state index contributed by atoms with van der Waals surface area (Å²) in [7, 11) is 0. The van der Waals surface area contributed by atoms with Gasteiger partial charge in [0.25, 0.3) is 0 Å². The molecule has 6 heteroatoms. The first-order valence-electron chi connectivity index (χ1n) is 6.48. The summed E-state index contributed by atoms with van der Waals surface area (Å²) < 4.78 is 1.62. The van der Waals surface area contributed by atoms with Crippen LogP contribution < -0.4 is 4.90 Å². The fraction of sp³-hybridized carbons (Fsp3) is 0.462. The summed E-state index contributed by atoms with van der Waals surface area (Å²) in [5.74, 6) is 0.647. The number of carboxylic acid groups (broad SMARTS) is 1. The molecule has 0 aliphatic carbocycles. The number of hydrogen-bond acceptors (Lipinski definition) is 4. The van der Waals surface area contributed by atoms with Crippen LogP contribution in [0.3, 0.4) is 0 Å². The predicted molar refractivity (Wildman–Crippen MR) is 70.6 cm³/mol. The lowest BCUT2D eigenvalue weighted by atomic mass is 9.99. The van der Waals surface area contributed by atoms with Gasteiger partial charge >= 0.3 is 5.97 Å². The van der Waals surface area contributed by atoms with E-state index in [0.29, 0.717) is 5.65 Å². The second-order valence-electron chi connectivity index (χ2n) is 5.08. The molecule has 0 aromatic carbocycles. The number of nitrogens with zero attached hydrogens (tertiary/aromatic N) is 4. The molecule has 1 fully saturated rings. The van der Waals surface area contributed by atoms with Crippen molar-refractivity contribution in [2.75, 3.05) is 18.0 Å². The maximum Gasteiger partial charge on any atom is 0.356 e. The molecule has 19 heavy (non-hydrogen) atoms. The topological polar surface area (TPSA) is 70.7 Å². The van der Waals surface area contributed by atoms with Crippen LogP contribution in [0.1, 0.15) is 30.3 Å². The monoisotopic (exact) mass is 260 g/mol. The Morgan fingerprint density at radius 3 is 2.84 bits per heavy atom. The summed E-state index contributed by atoms with van der Waals surface area (Å²) in [6.45, 7) is 4.21. The minimum Gasteiger partial charge on any atom is -0.476 e. The number of aromatic nitrogens is 3. The maximum absolute atomic E-state index is 11.0. The van der Waals surface area contributed by atoms with E-state index in [1.165, 1.54) is 6.07 Å². The van der Waals surface area contributed by atoms with E-state index in [2.05, 4.69) is 21.9 Å². The second kappa shape index (κ2) is 4.53. The van der Waals surface area contributed by atoms with Crippen molar-refractivity contribution in [1.82, 2.24) is 14.6 Å². The van der Waals surface area contributed by atoms with Gasteiger partial charge in [-0.15, -0.1) is 0 Å². The van der Waals surface area contributed by atoms with Gasteiger partial charge in [-0.25, -0.2) is 9.78 Å². The van der Waals surface area contributed by atoms with Crippen LogP contribution in [0.15, 0.2) is 18.3 Å². The number of fused-ring (bicyclic) bond motifs is 1. The van der Waals surface area contributed by atoms with Crippen LogP contribution >= 0.6 is 0 Å². The number of hydrogen-bond donors (Lipinski definition) is 1. The highest BCUT2D eigenvalue weighted by atomic mass is 16.4. The molecule has 0 unspecified atom stereocenters. The molecule has 1 aliphatic rings. The molecule has 100 valence electrons. The zero-order valence-electron chi connectivity index (χ0n) is 10.8. The molecule has 0 spiro atoms. The van der Waals surface area contributed by atoms with Crippen LogP contribution in [0.2, 0.25) is 0 Å². The lowest BCUT2D eigenvalue weighted by molar-refractivity contribution is 0.0690. The Morgan fingerprint density at radius 2 is 2.16 bits per heavy atom. The van der Waals surface area contributed by atoms with E-state index in [9.17, 15) is 4.79 Å². The number of anilines is 1. The van der Waals surface area contributed by atoms with Crippen LogP contribution in [0.5, 0.6) is 0 Å². The Kier molecular flexibility index (Phi) is 2.85. The minimum absolute atomic E-state index is 0.0327. The first-order chi connectivity index (χ1) is 9.15. The molecule has 1 aliphatic heterocycles. The molecule has 0 saturated carbocycles. The quantitative estimate of drug-likeness (QED) is 0.889. The van der Waals surface area contributed by atoms with Gasteiger partial charge < -0.3 is 10.0 Å². The number of rotatable bonds is 2. The molecule has 2 aromatic heterocycles. The summed E-state index contributed by atoms with van der Waals surface area (Å²) in [6, 6.07) is 3.39. The number of aromatic carboxylic acids is 1. The molecular formula is C13H16N4O2. The van der Waals surface area contributed by atoms with Gasteiger partial charge in [-0.05, 0) is 24.8 Å². The van der Waals surface area contributed by atoms with Crippen molar-refractivity contribution in [2.24, 2.45) is 5.92 Å². The van der Waals surface area contributed by atoms with E-state index in [1.54, 1.807) is 10.7 Å². The molecule has 0 atom stereocenters. The highest BCUT2D eigenvalue weighted by Crippen LogP contribution is 2.23. The van der Waals surface area contributed by atoms with Crippen molar-refractivity contribution < 1.29 is 9.90 Å². The van der Waals surface area contributed by atoms with Crippen molar-refractivity contribution in [3.05, 3.63) is 24.0 Å². The molecule has 6 nitrogen and oxygen atoms in total. The second-order valence-corrected chi connectivity index (χ2v) is 5.08. The van der Waals surface area contributed by atoms with Gasteiger partial charge in [0.15, 0.2) is 11.3 Å².